The van der Waals surface area contributed by atoms with Gasteiger partial charge >= 0.3 is 11.9 Å². The maximum atomic E-state index is 11.0. The molecule has 0 saturated heterocycles. The topological polar surface area (TPSA) is 95.1 Å². The van der Waals surface area contributed by atoms with Gasteiger partial charge in [0.15, 0.2) is 0 Å². The number of benzene rings is 1. The quantitative estimate of drug-likeness (QED) is 0.678. The molecule has 3 N–H and O–H groups in total. The van der Waals surface area contributed by atoms with Crippen LogP contribution in [0.25, 0.3) is 11.0 Å². The van der Waals surface area contributed by atoms with Crippen LogP contribution in [0.1, 0.15) is 12.7 Å². The molecule has 0 fully saturated rings. The molecular formula is C11H11N3O3. The number of amides is 1. The Hall–Kier alpha value is -2.37. The molecule has 2 aromatic rings. The van der Waals surface area contributed by atoms with Crippen molar-refractivity contribution in [3.05, 3.63) is 24.0 Å². The number of aliphatic carboxylic acids is 1. The number of fused-ring (bicyclic) bond motifs is 1. The van der Waals surface area contributed by atoms with Crippen LogP contribution in [0.2, 0.25) is 0 Å². The highest BCUT2D eigenvalue weighted by molar-refractivity contribution is 6.36. The van der Waals surface area contributed by atoms with Gasteiger partial charge in [-0.2, -0.15) is 0 Å². The Labute approximate surface area is 96.7 Å². The van der Waals surface area contributed by atoms with Gasteiger partial charge in [-0.3, -0.25) is 4.79 Å². The molecule has 0 saturated carbocycles. The van der Waals surface area contributed by atoms with E-state index in [-0.39, 0.29) is 0 Å². The van der Waals surface area contributed by atoms with Crippen LogP contribution in [0.15, 0.2) is 18.2 Å². The molecule has 17 heavy (non-hydrogen) atoms. The molecule has 88 valence electrons. The lowest BCUT2D eigenvalue weighted by molar-refractivity contribution is -0.147. The SMILES string of the molecule is CCc1nc2ccc(NC(=O)C(=O)O)cc2[nH]1. The number of aromatic amines is 1. The minimum absolute atomic E-state index is 0.427. The number of aromatic nitrogens is 2. The highest BCUT2D eigenvalue weighted by Crippen LogP contribution is 2.17. The normalized spacial score (nSPS) is 10.4. The average molecular weight is 233 g/mol. The van der Waals surface area contributed by atoms with Gasteiger partial charge < -0.3 is 15.4 Å². The van der Waals surface area contributed by atoms with Gasteiger partial charge in [-0.25, -0.2) is 9.78 Å². The minimum Gasteiger partial charge on any atom is -0.474 e. The van der Waals surface area contributed by atoms with E-state index in [1.807, 2.05) is 6.92 Å². The molecule has 0 atom stereocenters. The third-order valence-corrected chi connectivity index (χ3v) is 2.32. The zero-order chi connectivity index (χ0) is 12.4. The second kappa shape index (κ2) is 4.25. The van der Waals surface area contributed by atoms with Crippen molar-refractivity contribution in [3.8, 4) is 0 Å². The van der Waals surface area contributed by atoms with Crippen LogP contribution in [-0.4, -0.2) is 27.0 Å². The van der Waals surface area contributed by atoms with Crippen LogP contribution >= 0.6 is 0 Å². The second-order valence-corrected chi connectivity index (χ2v) is 3.53. The number of carboxylic acids is 1. The molecule has 6 heteroatoms. The smallest absolute Gasteiger partial charge is 0.394 e. The molecule has 1 aromatic carbocycles. The number of H-pyrrole nitrogens is 1. The third-order valence-electron chi connectivity index (χ3n) is 2.32. The fourth-order valence-corrected chi connectivity index (χ4v) is 1.49. The number of anilines is 1. The monoisotopic (exact) mass is 233 g/mol. The van der Waals surface area contributed by atoms with Crippen LogP contribution in [0.3, 0.4) is 0 Å². The lowest BCUT2D eigenvalue weighted by atomic mass is 10.3. The highest BCUT2D eigenvalue weighted by Gasteiger charge is 2.11. The van der Waals surface area contributed by atoms with Gasteiger partial charge in [0, 0.05) is 12.1 Å². The van der Waals surface area contributed by atoms with Crippen molar-refractivity contribution in [2.75, 3.05) is 5.32 Å². The summed E-state index contributed by atoms with van der Waals surface area (Å²) in [7, 11) is 0. The Balaban J connectivity index is 2.31. The van der Waals surface area contributed by atoms with E-state index >= 15 is 0 Å². The Morgan fingerprint density at radius 2 is 2.24 bits per heavy atom. The summed E-state index contributed by atoms with van der Waals surface area (Å²) in [5.41, 5.74) is 1.98. The molecule has 6 nitrogen and oxygen atoms in total. The van der Waals surface area contributed by atoms with E-state index in [4.69, 9.17) is 5.11 Å². The van der Waals surface area contributed by atoms with E-state index in [9.17, 15) is 9.59 Å². The van der Waals surface area contributed by atoms with E-state index in [1.54, 1.807) is 18.2 Å². The molecule has 2 rings (SSSR count). The Morgan fingerprint density at radius 3 is 2.88 bits per heavy atom. The van der Waals surface area contributed by atoms with E-state index in [0.29, 0.717) is 5.69 Å². The first-order valence-corrected chi connectivity index (χ1v) is 5.13. The Kier molecular flexibility index (Phi) is 2.78. The number of nitrogens with one attached hydrogen (secondary N) is 2. The minimum atomic E-state index is -1.51. The number of carbonyl (C=O) groups excluding carboxylic acids is 1. The van der Waals surface area contributed by atoms with Gasteiger partial charge in [0.05, 0.1) is 11.0 Å². The molecule has 0 aliphatic heterocycles. The van der Waals surface area contributed by atoms with Gasteiger partial charge in [0.2, 0.25) is 0 Å². The zero-order valence-corrected chi connectivity index (χ0v) is 9.15. The first-order valence-electron chi connectivity index (χ1n) is 5.13. The van der Waals surface area contributed by atoms with Crippen LogP contribution in [-0.2, 0) is 16.0 Å². The molecule has 0 unspecified atom stereocenters. The predicted molar refractivity (Wildman–Crippen MR) is 61.7 cm³/mol. The molecule has 1 amide bonds. The van der Waals surface area contributed by atoms with Crippen LogP contribution in [0.4, 0.5) is 5.69 Å². The van der Waals surface area contributed by atoms with Crippen molar-refractivity contribution in [2.24, 2.45) is 0 Å². The standard InChI is InChI=1S/C11H11N3O3/c1-2-9-13-7-4-3-6(5-8(7)14-9)12-10(15)11(16)17/h3-5H,2H2,1H3,(H,12,15)(H,13,14)(H,16,17). The van der Waals surface area contributed by atoms with E-state index < -0.39 is 11.9 Å². The lowest BCUT2D eigenvalue weighted by Crippen LogP contribution is -2.21. The number of aryl methyl sites for hydroxylation is 1. The average Bonchev–Trinajstić information content (AvgIpc) is 2.70. The van der Waals surface area contributed by atoms with Crippen molar-refractivity contribution in [1.29, 1.82) is 0 Å². The molecule has 1 aromatic heterocycles. The number of imidazole rings is 1. The second-order valence-electron chi connectivity index (χ2n) is 3.53. The van der Waals surface area contributed by atoms with Gasteiger partial charge in [0.25, 0.3) is 0 Å². The summed E-state index contributed by atoms with van der Waals surface area (Å²) < 4.78 is 0. The van der Waals surface area contributed by atoms with E-state index in [0.717, 1.165) is 23.3 Å². The van der Waals surface area contributed by atoms with Crippen molar-refractivity contribution in [3.63, 3.8) is 0 Å². The van der Waals surface area contributed by atoms with Crippen molar-refractivity contribution in [1.82, 2.24) is 9.97 Å². The summed E-state index contributed by atoms with van der Waals surface area (Å²) in [5.74, 6) is -1.72. The molecule has 0 aliphatic carbocycles. The van der Waals surface area contributed by atoms with Crippen LogP contribution in [0, 0.1) is 0 Å². The fraction of sp³-hybridized carbons (Fsp3) is 0.182. The van der Waals surface area contributed by atoms with Crippen molar-refractivity contribution >= 4 is 28.6 Å². The Bertz CT molecular complexity index is 589. The summed E-state index contributed by atoms with van der Waals surface area (Å²) >= 11 is 0. The van der Waals surface area contributed by atoms with Gasteiger partial charge in [0.1, 0.15) is 5.82 Å². The third kappa shape index (κ3) is 2.25. The van der Waals surface area contributed by atoms with Gasteiger partial charge in [-0.1, -0.05) is 6.92 Å². The molecule has 0 spiro atoms. The number of rotatable bonds is 2. The summed E-state index contributed by atoms with van der Waals surface area (Å²) in [5, 5.41) is 10.7. The van der Waals surface area contributed by atoms with Gasteiger partial charge in [-0.05, 0) is 18.2 Å². The summed E-state index contributed by atoms with van der Waals surface area (Å²) in [6.07, 6.45) is 0.783. The predicted octanol–water partition coefficient (Wildman–Crippen LogP) is 1.15. The van der Waals surface area contributed by atoms with Crippen LogP contribution in [0.5, 0.6) is 0 Å². The number of carbonyl (C=O) groups is 2. The summed E-state index contributed by atoms with van der Waals surface area (Å²) in [6.45, 7) is 1.98. The van der Waals surface area contributed by atoms with E-state index in [1.165, 1.54) is 0 Å². The first kappa shape index (κ1) is 11.1. The first-order chi connectivity index (χ1) is 8.10. The maximum absolute atomic E-state index is 11.0. The van der Waals surface area contributed by atoms with Crippen molar-refractivity contribution < 1.29 is 14.7 Å². The number of carboxylic acid groups (broad SMARTS) is 1. The largest absolute Gasteiger partial charge is 0.474 e. The number of hydrogen-bond donors (Lipinski definition) is 3. The fourth-order valence-electron chi connectivity index (χ4n) is 1.49. The molecule has 0 radical (unpaired) electrons. The Morgan fingerprint density at radius 1 is 1.47 bits per heavy atom. The van der Waals surface area contributed by atoms with Crippen molar-refractivity contribution in [2.45, 2.75) is 13.3 Å². The molecule has 0 aliphatic rings. The summed E-state index contributed by atoms with van der Waals surface area (Å²) in [6, 6.07) is 4.99. The zero-order valence-electron chi connectivity index (χ0n) is 9.15. The van der Waals surface area contributed by atoms with Crippen LogP contribution < -0.4 is 5.32 Å². The number of hydrogen-bond acceptors (Lipinski definition) is 3. The summed E-state index contributed by atoms with van der Waals surface area (Å²) in [4.78, 5) is 28.7. The molecular weight excluding hydrogens is 222 g/mol. The highest BCUT2D eigenvalue weighted by atomic mass is 16.4. The van der Waals surface area contributed by atoms with E-state index in [2.05, 4.69) is 15.3 Å². The number of nitrogens with zero attached hydrogens (tertiary/aromatic N) is 1. The van der Waals surface area contributed by atoms with Gasteiger partial charge in [-0.15, -0.1) is 0 Å². The lowest BCUT2D eigenvalue weighted by Gasteiger charge is -2.00. The molecule has 1 heterocycles. The maximum Gasteiger partial charge on any atom is 0.394 e. The molecule has 0 bridgehead atoms.